The summed E-state index contributed by atoms with van der Waals surface area (Å²) in [6, 6.07) is 7.75. The van der Waals surface area contributed by atoms with E-state index in [-0.39, 0.29) is 12.1 Å². The summed E-state index contributed by atoms with van der Waals surface area (Å²) in [7, 11) is 2.06. The molecule has 1 N–H and O–H groups in total. The van der Waals surface area contributed by atoms with Gasteiger partial charge in [-0.1, -0.05) is 17.7 Å². The van der Waals surface area contributed by atoms with Gasteiger partial charge in [0.2, 0.25) is 5.95 Å². The molecule has 32 heavy (non-hydrogen) atoms. The van der Waals surface area contributed by atoms with Crippen LogP contribution in [0.2, 0.25) is 0 Å². The molecule has 1 atom stereocenters. The monoisotopic (exact) mass is 457 g/mol. The lowest BCUT2D eigenvalue weighted by molar-refractivity contribution is 0.0231. The summed E-state index contributed by atoms with van der Waals surface area (Å²) in [5.74, 6) is 1.90. The summed E-state index contributed by atoms with van der Waals surface area (Å²) in [5, 5.41) is 0. The number of fused-ring (bicyclic) bond motifs is 1. The number of anilines is 2. The van der Waals surface area contributed by atoms with Gasteiger partial charge in [-0.2, -0.15) is 9.54 Å². The van der Waals surface area contributed by atoms with E-state index in [0.29, 0.717) is 36.4 Å². The average molecular weight is 458 g/mol. The van der Waals surface area contributed by atoms with Crippen molar-refractivity contribution in [3.63, 3.8) is 0 Å². The Morgan fingerprint density at radius 2 is 1.94 bits per heavy atom. The number of carbonyl (C=O) groups is 1. The zero-order valence-corrected chi connectivity index (χ0v) is 19.3. The van der Waals surface area contributed by atoms with Crippen molar-refractivity contribution in [1.82, 2.24) is 9.97 Å². The second kappa shape index (κ2) is 8.88. The van der Waals surface area contributed by atoms with E-state index in [1.54, 1.807) is 12.1 Å². The van der Waals surface area contributed by atoms with Crippen LogP contribution in [0.3, 0.4) is 0 Å². The van der Waals surface area contributed by atoms with Crippen LogP contribution < -0.4 is 9.80 Å². The van der Waals surface area contributed by atoms with Gasteiger partial charge in [-0.15, -0.1) is 0 Å². The third-order valence-corrected chi connectivity index (χ3v) is 7.92. The van der Waals surface area contributed by atoms with Gasteiger partial charge in [-0.05, 0) is 31.9 Å². The zero-order valence-electron chi connectivity index (χ0n) is 18.5. The van der Waals surface area contributed by atoms with Crippen molar-refractivity contribution in [1.29, 1.82) is 0 Å². The molecule has 3 aliphatic heterocycles. The molecule has 2 aromatic rings. The van der Waals surface area contributed by atoms with E-state index >= 15 is 0 Å². The van der Waals surface area contributed by atoms with E-state index in [0.717, 1.165) is 54.4 Å². The van der Waals surface area contributed by atoms with E-state index in [4.69, 9.17) is 19.4 Å². The molecular formula is C23H29N4O4S+. The minimum absolute atomic E-state index is 0.176. The second-order valence-electron chi connectivity index (χ2n) is 8.69. The molecule has 0 spiro atoms. The Morgan fingerprint density at radius 1 is 1.22 bits per heavy atom. The summed E-state index contributed by atoms with van der Waals surface area (Å²) in [5.41, 5.74) is 2.62. The SMILES string of the molecule is Cc1ccc(C(=O)OC2CN(c3nc4c(c(N(C)C5CCOCC5)n3)[S+](O)CC4)C2)cc1. The molecule has 0 radical (unpaired) electrons. The lowest BCUT2D eigenvalue weighted by atomic mass is 10.1. The summed E-state index contributed by atoms with van der Waals surface area (Å²) < 4.78 is 21.8. The number of hydrogen-bond acceptors (Lipinski definition) is 8. The first kappa shape index (κ1) is 21.5. The molecule has 2 saturated heterocycles. The predicted molar refractivity (Wildman–Crippen MR) is 124 cm³/mol. The maximum Gasteiger partial charge on any atom is 0.338 e. The van der Waals surface area contributed by atoms with Crippen molar-refractivity contribution in [2.75, 3.05) is 48.9 Å². The quantitative estimate of drug-likeness (QED) is 0.541. The number of benzene rings is 1. The van der Waals surface area contributed by atoms with Gasteiger partial charge < -0.3 is 19.3 Å². The summed E-state index contributed by atoms with van der Waals surface area (Å²) >= 11 is -0.813. The van der Waals surface area contributed by atoms with E-state index in [1.165, 1.54) is 0 Å². The number of esters is 1. The minimum Gasteiger partial charge on any atom is -0.455 e. The van der Waals surface area contributed by atoms with Gasteiger partial charge in [0.05, 0.1) is 18.7 Å². The first-order chi connectivity index (χ1) is 15.5. The van der Waals surface area contributed by atoms with Crippen molar-refractivity contribution in [2.24, 2.45) is 0 Å². The van der Waals surface area contributed by atoms with Gasteiger partial charge >= 0.3 is 5.97 Å². The Labute approximate surface area is 191 Å². The first-order valence-electron chi connectivity index (χ1n) is 11.1. The van der Waals surface area contributed by atoms with Gasteiger partial charge in [-0.3, -0.25) is 0 Å². The second-order valence-corrected chi connectivity index (χ2v) is 10.2. The van der Waals surface area contributed by atoms with Crippen LogP contribution in [0.5, 0.6) is 0 Å². The van der Waals surface area contributed by atoms with E-state index in [9.17, 15) is 9.35 Å². The molecule has 1 aromatic heterocycles. The predicted octanol–water partition coefficient (Wildman–Crippen LogP) is 2.45. The highest BCUT2D eigenvalue weighted by molar-refractivity contribution is 7.92. The number of carbonyl (C=O) groups excluding carboxylic acids is 1. The smallest absolute Gasteiger partial charge is 0.338 e. The highest BCUT2D eigenvalue weighted by Crippen LogP contribution is 2.36. The van der Waals surface area contributed by atoms with Gasteiger partial charge in [0, 0.05) is 32.7 Å². The average Bonchev–Trinajstić information content (AvgIpc) is 3.16. The first-order valence-corrected chi connectivity index (χ1v) is 12.5. The third kappa shape index (κ3) is 4.16. The standard InChI is InChI=1S/C23H29N4O4S/c1-15-3-5-16(6-4-15)22(28)31-18-13-27(14-18)23-24-19-9-12-32(29)20(19)21(25-23)26(2)17-7-10-30-11-8-17/h3-6,17-18,29H,7-14H2,1-2H3/q+1. The lowest BCUT2D eigenvalue weighted by Crippen LogP contribution is -2.54. The Morgan fingerprint density at radius 3 is 2.66 bits per heavy atom. The fraction of sp³-hybridized carbons (Fsp3) is 0.522. The van der Waals surface area contributed by atoms with Crippen LogP contribution in [0.25, 0.3) is 0 Å². The zero-order chi connectivity index (χ0) is 22.2. The number of aryl methyl sites for hydroxylation is 2. The van der Waals surface area contributed by atoms with Gasteiger partial charge in [0.15, 0.2) is 22.7 Å². The molecule has 0 saturated carbocycles. The molecule has 5 rings (SSSR count). The molecule has 4 heterocycles. The fourth-order valence-electron chi connectivity index (χ4n) is 4.39. The molecule has 3 aliphatic rings. The summed E-state index contributed by atoms with van der Waals surface area (Å²) in [4.78, 5) is 27.2. The maximum absolute atomic E-state index is 12.4. The highest BCUT2D eigenvalue weighted by atomic mass is 32.2. The minimum atomic E-state index is -0.813. The van der Waals surface area contributed by atoms with Crippen LogP contribution in [0.4, 0.5) is 11.8 Å². The normalized spacial score (nSPS) is 21.2. The molecule has 0 bridgehead atoms. The molecule has 8 nitrogen and oxygen atoms in total. The number of ether oxygens (including phenoxy) is 2. The van der Waals surface area contributed by atoms with E-state index in [2.05, 4.69) is 11.9 Å². The molecule has 0 amide bonds. The summed E-state index contributed by atoms with van der Waals surface area (Å²) in [6.45, 7) is 4.63. The van der Waals surface area contributed by atoms with Gasteiger partial charge in [-0.25, -0.2) is 9.78 Å². The van der Waals surface area contributed by atoms with Crippen molar-refractivity contribution in [3.05, 3.63) is 41.1 Å². The van der Waals surface area contributed by atoms with Crippen LogP contribution in [0.1, 0.15) is 34.5 Å². The number of nitrogens with zero attached hydrogens (tertiary/aromatic N) is 4. The Balaban J connectivity index is 1.29. The molecule has 9 heteroatoms. The fourth-order valence-corrected chi connectivity index (χ4v) is 5.80. The lowest BCUT2D eigenvalue weighted by Gasteiger charge is -2.39. The molecule has 170 valence electrons. The Kier molecular flexibility index (Phi) is 5.96. The van der Waals surface area contributed by atoms with Crippen LogP contribution in [0, 0.1) is 6.92 Å². The largest absolute Gasteiger partial charge is 0.455 e. The highest BCUT2D eigenvalue weighted by Gasteiger charge is 2.42. The Bertz CT molecular complexity index is 990. The third-order valence-electron chi connectivity index (χ3n) is 6.44. The maximum atomic E-state index is 12.4. The van der Waals surface area contributed by atoms with Gasteiger partial charge in [0.25, 0.3) is 4.90 Å². The van der Waals surface area contributed by atoms with Crippen LogP contribution >= 0.6 is 0 Å². The van der Waals surface area contributed by atoms with Crippen molar-refractivity contribution in [3.8, 4) is 0 Å². The Hall–Kier alpha value is -2.36. The van der Waals surface area contributed by atoms with Crippen LogP contribution in [0.15, 0.2) is 29.2 Å². The molecule has 1 unspecified atom stereocenters. The molecule has 1 aromatic carbocycles. The number of aromatic nitrogens is 2. The number of hydrogen-bond donors (Lipinski definition) is 1. The molecular weight excluding hydrogens is 428 g/mol. The van der Waals surface area contributed by atoms with E-state index in [1.807, 2.05) is 24.0 Å². The van der Waals surface area contributed by atoms with E-state index < -0.39 is 11.2 Å². The van der Waals surface area contributed by atoms with Crippen molar-refractivity contribution < 1.29 is 18.8 Å². The number of rotatable bonds is 5. The topological polar surface area (TPSA) is 88.0 Å². The van der Waals surface area contributed by atoms with Crippen LogP contribution in [-0.4, -0.2) is 71.7 Å². The van der Waals surface area contributed by atoms with Crippen LogP contribution in [-0.2, 0) is 27.1 Å². The van der Waals surface area contributed by atoms with Crippen molar-refractivity contribution >= 4 is 28.9 Å². The summed E-state index contributed by atoms with van der Waals surface area (Å²) in [6.07, 6.45) is 2.48. The van der Waals surface area contributed by atoms with Crippen molar-refractivity contribution in [2.45, 2.75) is 43.2 Å². The molecule has 2 fully saturated rings. The molecule has 0 aliphatic carbocycles. The van der Waals surface area contributed by atoms with Gasteiger partial charge in [0.1, 0.15) is 11.8 Å².